The number of nitrogens with zero attached hydrogens (tertiary/aromatic N) is 1. The Morgan fingerprint density at radius 2 is 2.18 bits per heavy atom. The first-order chi connectivity index (χ1) is 8.19. The van der Waals surface area contributed by atoms with E-state index in [1.807, 2.05) is 0 Å². The largest absolute Gasteiger partial charge is 0.439 e. The van der Waals surface area contributed by atoms with Gasteiger partial charge in [0.1, 0.15) is 11.6 Å². The topological polar surface area (TPSA) is 42.4 Å². The zero-order valence-electron chi connectivity index (χ0n) is 8.73. The van der Waals surface area contributed by atoms with E-state index in [0.29, 0.717) is 16.3 Å². The van der Waals surface area contributed by atoms with Crippen molar-refractivity contribution in [2.75, 3.05) is 0 Å². The van der Waals surface area contributed by atoms with Crippen LogP contribution in [0, 0.1) is 5.82 Å². The van der Waals surface area contributed by atoms with Gasteiger partial charge in [-0.05, 0) is 12.1 Å². The van der Waals surface area contributed by atoms with Gasteiger partial charge in [0.15, 0.2) is 0 Å². The number of ether oxygens (including phenoxy) is 1. The van der Waals surface area contributed by atoms with Crippen LogP contribution in [0.3, 0.4) is 0 Å². The van der Waals surface area contributed by atoms with Crippen molar-refractivity contribution in [2.24, 2.45) is 0 Å². The maximum absolute atomic E-state index is 12.9. The van der Waals surface area contributed by atoms with Gasteiger partial charge < -0.3 is 9.84 Å². The van der Waals surface area contributed by atoms with Crippen LogP contribution in [0.2, 0.25) is 5.02 Å². The second kappa shape index (κ2) is 5.12. The van der Waals surface area contributed by atoms with E-state index in [1.54, 1.807) is 6.07 Å². The Morgan fingerprint density at radius 3 is 2.88 bits per heavy atom. The van der Waals surface area contributed by atoms with Crippen molar-refractivity contribution in [1.29, 1.82) is 0 Å². The standard InChI is InChI=1S/C12H9ClFNO2/c13-11-6-15-12(4-8(11)7-16)17-10-3-1-2-9(14)5-10/h1-6,16H,7H2. The highest BCUT2D eigenvalue weighted by atomic mass is 35.5. The Hall–Kier alpha value is -1.65. The van der Waals surface area contributed by atoms with Crippen molar-refractivity contribution < 1.29 is 14.2 Å². The van der Waals surface area contributed by atoms with Gasteiger partial charge >= 0.3 is 0 Å². The van der Waals surface area contributed by atoms with Gasteiger partial charge in [-0.25, -0.2) is 9.37 Å². The molecule has 0 aliphatic rings. The van der Waals surface area contributed by atoms with E-state index in [0.717, 1.165) is 0 Å². The van der Waals surface area contributed by atoms with E-state index in [-0.39, 0.29) is 18.3 Å². The molecule has 1 aromatic heterocycles. The average Bonchev–Trinajstić information content (AvgIpc) is 2.32. The number of hydrogen-bond acceptors (Lipinski definition) is 3. The molecule has 5 heteroatoms. The minimum absolute atomic E-state index is 0.207. The van der Waals surface area contributed by atoms with Crippen molar-refractivity contribution in [1.82, 2.24) is 4.98 Å². The van der Waals surface area contributed by atoms with E-state index in [2.05, 4.69) is 4.98 Å². The lowest BCUT2D eigenvalue weighted by Crippen LogP contribution is -1.92. The van der Waals surface area contributed by atoms with Crippen LogP contribution in [0.5, 0.6) is 11.6 Å². The van der Waals surface area contributed by atoms with E-state index in [9.17, 15) is 4.39 Å². The van der Waals surface area contributed by atoms with Crippen LogP contribution in [0.15, 0.2) is 36.5 Å². The van der Waals surface area contributed by atoms with E-state index < -0.39 is 0 Å². The highest BCUT2D eigenvalue weighted by Crippen LogP contribution is 2.24. The average molecular weight is 254 g/mol. The number of pyridine rings is 1. The summed E-state index contributed by atoms with van der Waals surface area (Å²) < 4.78 is 18.3. The number of benzene rings is 1. The van der Waals surface area contributed by atoms with Crippen molar-refractivity contribution in [2.45, 2.75) is 6.61 Å². The summed E-state index contributed by atoms with van der Waals surface area (Å²) >= 11 is 5.79. The summed E-state index contributed by atoms with van der Waals surface area (Å²) in [5.41, 5.74) is 0.507. The minimum Gasteiger partial charge on any atom is -0.439 e. The molecule has 17 heavy (non-hydrogen) atoms. The van der Waals surface area contributed by atoms with Gasteiger partial charge in [-0.15, -0.1) is 0 Å². The third kappa shape index (κ3) is 2.93. The lowest BCUT2D eigenvalue weighted by Gasteiger charge is -2.06. The molecule has 2 rings (SSSR count). The molecule has 1 heterocycles. The zero-order valence-corrected chi connectivity index (χ0v) is 9.49. The SMILES string of the molecule is OCc1cc(Oc2cccc(F)c2)ncc1Cl. The quantitative estimate of drug-likeness (QED) is 0.914. The van der Waals surface area contributed by atoms with Gasteiger partial charge in [-0.1, -0.05) is 17.7 Å². The first kappa shape index (κ1) is 11.8. The van der Waals surface area contributed by atoms with Gasteiger partial charge in [-0.3, -0.25) is 0 Å². The zero-order chi connectivity index (χ0) is 12.3. The normalized spacial score (nSPS) is 10.3. The fourth-order valence-corrected chi connectivity index (χ4v) is 1.45. The monoisotopic (exact) mass is 253 g/mol. The van der Waals surface area contributed by atoms with Crippen molar-refractivity contribution in [3.8, 4) is 11.6 Å². The second-order valence-electron chi connectivity index (χ2n) is 3.33. The van der Waals surface area contributed by atoms with Crippen LogP contribution in [-0.4, -0.2) is 10.1 Å². The van der Waals surface area contributed by atoms with Crippen LogP contribution in [0.1, 0.15) is 5.56 Å². The Balaban J connectivity index is 2.24. The van der Waals surface area contributed by atoms with Crippen LogP contribution in [0.4, 0.5) is 4.39 Å². The molecule has 3 nitrogen and oxygen atoms in total. The molecule has 0 unspecified atom stereocenters. The Bertz CT molecular complexity index is 534. The summed E-state index contributed by atoms with van der Waals surface area (Å²) in [6, 6.07) is 7.22. The van der Waals surface area contributed by atoms with Crippen molar-refractivity contribution >= 4 is 11.6 Å². The Kier molecular flexibility index (Phi) is 3.56. The predicted molar refractivity (Wildman–Crippen MR) is 61.6 cm³/mol. The molecule has 1 N–H and O–H groups in total. The minimum atomic E-state index is -0.390. The molecule has 1 aromatic carbocycles. The van der Waals surface area contributed by atoms with Crippen molar-refractivity contribution in [3.63, 3.8) is 0 Å². The molecule has 0 saturated heterocycles. The third-order valence-corrected chi connectivity index (χ3v) is 2.44. The van der Waals surface area contributed by atoms with Gasteiger partial charge in [0.2, 0.25) is 5.88 Å². The van der Waals surface area contributed by atoms with E-state index in [1.165, 1.54) is 30.5 Å². The lowest BCUT2D eigenvalue weighted by atomic mass is 10.3. The van der Waals surface area contributed by atoms with Gasteiger partial charge in [0.25, 0.3) is 0 Å². The molecular formula is C12H9ClFNO2. The highest BCUT2D eigenvalue weighted by molar-refractivity contribution is 6.31. The first-order valence-corrected chi connectivity index (χ1v) is 5.25. The van der Waals surface area contributed by atoms with Crippen molar-refractivity contribution in [3.05, 3.63) is 52.9 Å². The lowest BCUT2D eigenvalue weighted by molar-refractivity contribution is 0.281. The smallest absolute Gasteiger partial charge is 0.219 e. The van der Waals surface area contributed by atoms with Gasteiger partial charge in [0, 0.05) is 23.9 Å². The second-order valence-corrected chi connectivity index (χ2v) is 3.74. The number of aliphatic hydroxyl groups excluding tert-OH is 1. The Morgan fingerprint density at radius 1 is 1.35 bits per heavy atom. The van der Waals surface area contributed by atoms with Crippen LogP contribution >= 0.6 is 11.6 Å². The molecule has 0 amide bonds. The Labute approximate surface area is 102 Å². The summed E-state index contributed by atoms with van der Waals surface area (Å²) in [4.78, 5) is 3.92. The summed E-state index contributed by atoms with van der Waals surface area (Å²) in [6.07, 6.45) is 1.38. The number of aromatic nitrogens is 1. The molecule has 0 saturated carbocycles. The molecule has 0 bridgehead atoms. The fraction of sp³-hybridized carbons (Fsp3) is 0.0833. The maximum Gasteiger partial charge on any atom is 0.219 e. The predicted octanol–water partition coefficient (Wildman–Crippen LogP) is 3.16. The number of hydrogen-bond donors (Lipinski definition) is 1. The van der Waals surface area contributed by atoms with Gasteiger partial charge in [-0.2, -0.15) is 0 Å². The van der Waals surface area contributed by atoms with E-state index in [4.69, 9.17) is 21.4 Å². The summed E-state index contributed by atoms with van der Waals surface area (Å²) in [5.74, 6) is 0.201. The summed E-state index contributed by atoms with van der Waals surface area (Å²) in [7, 11) is 0. The molecule has 88 valence electrons. The molecule has 0 atom stereocenters. The highest BCUT2D eigenvalue weighted by Gasteiger charge is 2.05. The molecule has 0 radical (unpaired) electrons. The number of halogens is 2. The molecule has 0 aliphatic heterocycles. The van der Waals surface area contributed by atoms with Gasteiger partial charge in [0.05, 0.1) is 11.6 Å². The van der Waals surface area contributed by atoms with Crippen LogP contribution < -0.4 is 4.74 Å². The molecule has 2 aromatic rings. The molecule has 0 fully saturated rings. The molecular weight excluding hydrogens is 245 g/mol. The summed E-state index contributed by atoms with van der Waals surface area (Å²) in [6.45, 7) is -0.207. The van der Waals surface area contributed by atoms with Crippen LogP contribution in [0.25, 0.3) is 0 Å². The maximum atomic E-state index is 12.9. The molecule has 0 spiro atoms. The fourth-order valence-electron chi connectivity index (χ4n) is 1.29. The first-order valence-electron chi connectivity index (χ1n) is 4.88. The number of aliphatic hydroxyl groups is 1. The third-order valence-electron chi connectivity index (χ3n) is 2.10. The van der Waals surface area contributed by atoms with Crippen LogP contribution in [-0.2, 0) is 6.61 Å². The number of rotatable bonds is 3. The summed E-state index contributed by atoms with van der Waals surface area (Å²) in [5, 5.41) is 9.39. The molecule has 0 aliphatic carbocycles. The van der Waals surface area contributed by atoms with E-state index >= 15 is 0 Å².